The Kier molecular flexibility index (Phi) is 3.94. The van der Waals surface area contributed by atoms with Gasteiger partial charge in [-0.1, -0.05) is 6.08 Å². The molecule has 0 fully saturated rings. The second-order valence-corrected chi connectivity index (χ2v) is 1.36. The first kappa shape index (κ1) is 7.21. The molecule has 0 radical (unpaired) electrons. The fraction of sp³-hybridized carbons (Fsp3) is 0.500. The molecule has 2 heteroatoms. The zero-order chi connectivity index (χ0) is 6.41. The SMILES string of the molecule is C/C=C/C(=NC)NC. The van der Waals surface area contributed by atoms with E-state index in [0.717, 1.165) is 5.84 Å². The van der Waals surface area contributed by atoms with Crippen molar-refractivity contribution < 1.29 is 0 Å². The fourth-order valence-corrected chi connectivity index (χ4v) is 0.428. The van der Waals surface area contributed by atoms with Gasteiger partial charge in [-0.2, -0.15) is 0 Å². The van der Waals surface area contributed by atoms with E-state index < -0.39 is 0 Å². The van der Waals surface area contributed by atoms with E-state index in [4.69, 9.17) is 0 Å². The predicted molar refractivity (Wildman–Crippen MR) is 37.2 cm³/mol. The molecule has 0 bridgehead atoms. The summed E-state index contributed by atoms with van der Waals surface area (Å²) < 4.78 is 0. The van der Waals surface area contributed by atoms with Gasteiger partial charge in [0.25, 0.3) is 0 Å². The van der Waals surface area contributed by atoms with E-state index in [2.05, 4.69) is 10.3 Å². The summed E-state index contributed by atoms with van der Waals surface area (Å²) in [7, 11) is 3.61. The van der Waals surface area contributed by atoms with Gasteiger partial charge < -0.3 is 5.32 Å². The molecule has 0 spiro atoms. The lowest BCUT2D eigenvalue weighted by atomic mass is 10.5. The zero-order valence-corrected chi connectivity index (χ0v) is 5.60. The highest BCUT2D eigenvalue weighted by atomic mass is 14.9. The van der Waals surface area contributed by atoms with Crippen molar-refractivity contribution >= 4 is 5.84 Å². The summed E-state index contributed by atoms with van der Waals surface area (Å²) in [6.45, 7) is 1.96. The molecule has 8 heavy (non-hydrogen) atoms. The van der Waals surface area contributed by atoms with Crippen LogP contribution >= 0.6 is 0 Å². The summed E-state index contributed by atoms with van der Waals surface area (Å²) in [5.41, 5.74) is 0. The summed E-state index contributed by atoms with van der Waals surface area (Å²) in [6.07, 6.45) is 3.86. The van der Waals surface area contributed by atoms with Crippen LogP contribution in [0.4, 0.5) is 0 Å². The third-order valence-corrected chi connectivity index (χ3v) is 0.822. The standard InChI is InChI=1S/C6H12N2/c1-4-5-6(7-2)8-3/h4-5H,1-3H3,(H,7,8)/b5-4+. The molecule has 0 aliphatic carbocycles. The quantitative estimate of drug-likeness (QED) is 0.394. The lowest BCUT2D eigenvalue weighted by molar-refractivity contribution is 1.16. The van der Waals surface area contributed by atoms with Gasteiger partial charge in [-0.15, -0.1) is 0 Å². The number of likely N-dealkylation sites (N-methyl/N-ethyl adjacent to an activating group) is 1. The molecular formula is C6H12N2. The smallest absolute Gasteiger partial charge is 0.119 e. The molecule has 2 nitrogen and oxygen atoms in total. The predicted octanol–water partition coefficient (Wildman–Crippen LogP) is 0.810. The molecule has 0 aliphatic heterocycles. The zero-order valence-electron chi connectivity index (χ0n) is 5.60. The molecule has 0 unspecified atom stereocenters. The monoisotopic (exact) mass is 112 g/mol. The van der Waals surface area contributed by atoms with Crippen LogP contribution in [0.3, 0.4) is 0 Å². The second kappa shape index (κ2) is 4.37. The Morgan fingerprint density at radius 2 is 2.25 bits per heavy atom. The van der Waals surface area contributed by atoms with E-state index in [-0.39, 0.29) is 0 Å². The Hall–Kier alpha value is -0.790. The maximum Gasteiger partial charge on any atom is 0.119 e. The van der Waals surface area contributed by atoms with Crippen LogP contribution in [0, 0.1) is 0 Å². The fourth-order valence-electron chi connectivity index (χ4n) is 0.428. The van der Waals surface area contributed by atoms with Crippen LogP contribution in [0.1, 0.15) is 6.92 Å². The number of nitrogens with zero attached hydrogens (tertiary/aromatic N) is 1. The maximum absolute atomic E-state index is 3.92. The van der Waals surface area contributed by atoms with Crippen molar-refractivity contribution in [1.82, 2.24) is 5.32 Å². The van der Waals surface area contributed by atoms with Gasteiger partial charge in [0, 0.05) is 14.1 Å². The summed E-state index contributed by atoms with van der Waals surface area (Å²) >= 11 is 0. The third-order valence-electron chi connectivity index (χ3n) is 0.822. The van der Waals surface area contributed by atoms with Crippen LogP contribution in [0.15, 0.2) is 17.1 Å². The van der Waals surface area contributed by atoms with Crippen molar-refractivity contribution in [1.29, 1.82) is 0 Å². The number of rotatable bonds is 1. The largest absolute Gasteiger partial charge is 0.373 e. The number of nitrogens with one attached hydrogen (secondary N) is 1. The molecule has 1 N–H and O–H groups in total. The first-order chi connectivity index (χ1) is 3.85. The molecule has 0 atom stereocenters. The summed E-state index contributed by atoms with van der Waals surface area (Å²) in [4.78, 5) is 3.92. The topological polar surface area (TPSA) is 24.4 Å². The van der Waals surface area contributed by atoms with Crippen molar-refractivity contribution in [2.24, 2.45) is 4.99 Å². The van der Waals surface area contributed by atoms with E-state index in [9.17, 15) is 0 Å². The van der Waals surface area contributed by atoms with E-state index in [0.29, 0.717) is 0 Å². The lowest BCUT2D eigenvalue weighted by Crippen LogP contribution is -2.14. The molecule has 0 saturated heterocycles. The molecule has 0 saturated carbocycles. The van der Waals surface area contributed by atoms with Gasteiger partial charge in [-0.25, -0.2) is 0 Å². The van der Waals surface area contributed by atoms with Gasteiger partial charge >= 0.3 is 0 Å². The maximum atomic E-state index is 3.92. The Balaban J connectivity index is 3.72. The average molecular weight is 112 g/mol. The van der Waals surface area contributed by atoms with E-state index in [1.807, 2.05) is 26.1 Å². The summed E-state index contributed by atoms with van der Waals surface area (Å²) in [5.74, 6) is 0.910. The Morgan fingerprint density at radius 1 is 1.62 bits per heavy atom. The molecule has 0 aromatic carbocycles. The van der Waals surface area contributed by atoms with Crippen LogP contribution in [0.2, 0.25) is 0 Å². The van der Waals surface area contributed by atoms with E-state index in [1.165, 1.54) is 0 Å². The van der Waals surface area contributed by atoms with Gasteiger partial charge in [-0.05, 0) is 13.0 Å². The molecule has 46 valence electrons. The number of allylic oxidation sites excluding steroid dienone is 1. The van der Waals surface area contributed by atoms with Crippen LogP contribution in [-0.2, 0) is 0 Å². The molecule has 0 aliphatic rings. The van der Waals surface area contributed by atoms with Crippen molar-refractivity contribution in [3.05, 3.63) is 12.2 Å². The lowest BCUT2D eigenvalue weighted by Gasteiger charge is -1.93. The normalized spacial score (nSPS) is 12.6. The van der Waals surface area contributed by atoms with Crippen LogP contribution < -0.4 is 5.32 Å². The van der Waals surface area contributed by atoms with Gasteiger partial charge in [-0.3, -0.25) is 4.99 Å². The highest BCUT2D eigenvalue weighted by Crippen LogP contribution is 1.72. The first-order valence-corrected chi connectivity index (χ1v) is 2.62. The molecule has 0 amide bonds. The highest BCUT2D eigenvalue weighted by molar-refractivity contribution is 5.92. The minimum atomic E-state index is 0.910. The van der Waals surface area contributed by atoms with Gasteiger partial charge in [0.15, 0.2) is 0 Å². The Labute approximate surface area is 50.3 Å². The van der Waals surface area contributed by atoms with Gasteiger partial charge in [0.2, 0.25) is 0 Å². The third kappa shape index (κ3) is 2.39. The van der Waals surface area contributed by atoms with Crippen LogP contribution in [0.5, 0.6) is 0 Å². The average Bonchev–Trinajstić information content (AvgIpc) is 1.83. The second-order valence-electron chi connectivity index (χ2n) is 1.36. The molecule has 0 heterocycles. The molecule has 0 rings (SSSR count). The van der Waals surface area contributed by atoms with E-state index in [1.54, 1.807) is 7.05 Å². The molecular weight excluding hydrogens is 100 g/mol. The molecule has 0 aromatic rings. The number of aliphatic imine (C=N–C) groups is 1. The van der Waals surface area contributed by atoms with E-state index >= 15 is 0 Å². The number of hydrogen-bond acceptors (Lipinski definition) is 1. The van der Waals surface area contributed by atoms with Crippen molar-refractivity contribution in [2.45, 2.75) is 6.92 Å². The summed E-state index contributed by atoms with van der Waals surface area (Å²) in [6, 6.07) is 0. The minimum absolute atomic E-state index is 0.910. The van der Waals surface area contributed by atoms with Gasteiger partial charge in [0.05, 0.1) is 0 Å². The summed E-state index contributed by atoms with van der Waals surface area (Å²) in [5, 5.41) is 2.92. The Bertz CT molecular complexity index is 100. The van der Waals surface area contributed by atoms with Crippen molar-refractivity contribution in [2.75, 3.05) is 14.1 Å². The highest BCUT2D eigenvalue weighted by Gasteiger charge is 1.79. The Morgan fingerprint density at radius 3 is 2.38 bits per heavy atom. The van der Waals surface area contributed by atoms with Crippen LogP contribution in [-0.4, -0.2) is 19.9 Å². The first-order valence-electron chi connectivity index (χ1n) is 2.62. The molecule has 0 aromatic heterocycles. The van der Waals surface area contributed by atoms with Gasteiger partial charge in [0.1, 0.15) is 5.84 Å². The van der Waals surface area contributed by atoms with Crippen LogP contribution in [0.25, 0.3) is 0 Å². The van der Waals surface area contributed by atoms with Crippen molar-refractivity contribution in [3.8, 4) is 0 Å². The minimum Gasteiger partial charge on any atom is -0.373 e. The number of amidine groups is 1. The van der Waals surface area contributed by atoms with Crippen molar-refractivity contribution in [3.63, 3.8) is 0 Å². The number of hydrogen-bond donors (Lipinski definition) is 1.